The molecule has 0 unspecified atom stereocenters. The van der Waals surface area contributed by atoms with E-state index in [1.54, 1.807) is 18.2 Å². The van der Waals surface area contributed by atoms with Crippen LogP contribution in [0.3, 0.4) is 0 Å². The van der Waals surface area contributed by atoms with Crippen LogP contribution in [-0.2, 0) is 10.0 Å². The van der Waals surface area contributed by atoms with Gasteiger partial charge in [0.25, 0.3) is 10.0 Å². The topological polar surface area (TPSA) is 59.1 Å². The van der Waals surface area contributed by atoms with Crippen LogP contribution in [0.15, 0.2) is 77.0 Å². The molecule has 4 aromatic rings. The zero-order valence-corrected chi connectivity index (χ0v) is 15.6. The molecule has 0 fully saturated rings. The molecule has 0 atom stereocenters. The van der Waals surface area contributed by atoms with Gasteiger partial charge in [-0.15, -0.1) is 11.3 Å². The van der Waals surface area contributed by atoms with Gasteiger partial charge in [0.05, 0.1) is 21.3 Å². The molecule has 0 saturated heterocycles. The summed E-state index contributed by atoms with van der Waals surface area (Å²) in [6.07, 6.45) is 0. The van der Waals surface area contributed by atoms with E-state index in [1.165, 1.54) is 11.3 Å². The van der Waals surface area contributed by atoms with Gasteiger partial charge in [0.1, 0.15) is 0 Å². The summed E-state index contributed by atoms with van der Waals surface area (Å²) in [4.78, 5) is 4.74. The fourth-order valence-corrected chi connectivity index (χ4v) is 4.84. The molecule has 1 heterocycles. The summed E-state index contributed by atoms with van der Waals surface area (Å²) in [5, 5.41) is 4.45. The maximum atomic E-state index is 13.1. The second-order valence-electron chi connectivity index (χ2n) is 5.88. The summed E-state index contributed by atoms with van der Waals surface area (Å²) >= 11 is 1.54. The number of rotatable bonds is 4. The van der Waals surface area contributed by atoms with E-state index < -0.39 is 10.0 Å². The lowest BCUT2D eigenvalue weighted by Crippen LogP contribution is -2.14. The molecule has 1 aromatic heterocycles. The number of fused-ring (bicyclic) bond motifs is 1. The van der Waals surface area contributed by atoms with Crippen LogP contribution in [0.2, 0.25) is 0 Å². The molecule has 0 radical (unpaired) electrons. The standard InChI is InChI=1S/C20H16N2O2S2/c1-14-21-19(13-25-14)17-10-4-5-11-18(17)22-26(23,24)20-12-6-8-15-7-2-3-9-16(15)20/h2-13,22H,1H3. The molecule has 4 rings (SSSR count). The van der Waals surface area contributed by atoms with Gasteiger partial charge in [0.15, 0.2) is 0 Å². The molecule has 0 aliphatic heterocycles. The van der Waals surface area contributed by atoms with Crippen molar-refractivity contribution in [3.8, 4) is 11.3 Å². The first-order valence-corrected chi connectivity index (χ1v) is 10.4. The Morgan fingerprint density at radius 3 is 2.46 bits per heavy atom. The number of nitrogens with one attached hydrogen (secondary N) is 1. The number of hydrogen-bond donors (Lipinski definition) is 1. The summed E-state index contributed by atoms with van der Waals surface area (Å²) < 4.78 is 28.9. The zero-order valence-electron chi connectivity index (χ0n) is 14.0. The number of para-hydroxylation sites is 1. The van der Waals surface area contributed by atoms with Crippen molar-refractivity contribution in [1.29, 1.82) is 0 Å². The lowest BCUT2D eigenvalue weighted by Gasteiger charge is -2.13. The Hall–Kier alpha value is -2.70. The summed E-state index contributed by atoms with van der Waals surface area (Å²) in [5.74, 6) is 0. The molecule has 0 aliphatic rings. The van der Waals surface area contributed by atoms with E-state index in [0.29, 0.717) is 11.1 Å². The van der Waals surface area contributed by atoms with Crippen molar-refractivity contribution in [1.82, 2.24) is 4.98 Å². The normalized spacial score (nSPS) is 11.6. The highest BCUT2D eigenvalue weighted by Crippen LogP contribution is 2.31. The Morgan fingerprint density at radius 1 is 0.923 bits per heavy atom. The van der Waals surface area contributed by atoms with Crippen LogP contribution in [0.25, 0.3) is 22.0 Å². The van der Waals surface area contributed by atoms with Crippen LogP contribution in [0, 0.1) is 6.92 Å². The second-order valence-corrected chi connectivity index (χ2v) is 8.59. The van der Waals surface area contributed by atoms with Crippen molar-refractivity contribution in [2.75, 3.05) is 4.72 Å². The monoisotopic (exact) mass is 380 g/mol. The van der Waals surface area contributed by atoms with Crippen molar-refractivity contribution in [3.05, 3.63) is 77.1 Å². The Balaban J connectivity index is 1.80. The highest BCUT2D eigenvalue weighted by Gasteiger charge is 2.19. The highest BCUT2D eigenvalue weighted by molar-refractivity contribution is 7.93. The van der Waals surface area contributed by atoms with Crippen molar-refractivity contribution in [2.24, 2.45) is 0 Å². The molecule has 0 amide bonds. The van der Waals surface area contributed by atoms with Gasteiger partial charge in [-0.2, -0.15) is 0 Å². The first kappa shape index (κ1) is 16.8. The fourth-order valence-electron chi connectivity index (χ4n) is 2.91. The summed E-state index contributed by atoms with van der Waals surface area (Å²) in [6.45, 7) is 1.93. The third kappa shape index (κ3) is 3.09. The molecule has 3 aromatic carbocycles. The van der Waals surface area contributed by atoms with Crippen molar-refractivity contribution >= 4 is 37.8 Å². The van der Waals surface area contributed by atoms with Gasteiger partial charge < -0.3 is 0 Å². The lowest BCUT2D eigenvalue weighted by molar-refractivity contribution is 0.602. The quantitative estimate of drug-likeness (QED) is 0.537. The van der Waals surface area contributed by atoms with Crippen LogP contribution in [0.4, 0.5) is 5.69 Å². The molecular formula is C20H16N2O2S2. The zero-order chi connectivity index (χ0) is 18.1. The number of sulfonamides is 1. The minimum absolute atomic E-state index is 0.264. The number of benzene rings is 3. The van der Waals surface area contributed by atoms with Crippen LogP contribution in [0.1, 0.15) is 5.01 Å². The van der Waals surface area contributed by atoms with Gasteiger partial charge in [-0.05, 0) is 24.4 Å². The largest absolute Gasteiger partial charge is 0.279 e. The van der Waals surface area contributed by atoms with E-state index >= 15 is 0 Å². The second kappa shape index (κ2) is 6.55. The average Bonchev–Trinajstić information content (AvgIpc) is 3.07. The van der Waals surface area contributed by atoms with Crippen molar-refractivity contribution < 1.29 is 8.42 Å². The van der Waals surface area contributed by atoms with Crippen LogP contribution < -0.4 is 4.72 Å². The van der Waals surface area contributed by atoms with Crippen LogP contribution in [-0.4, -0.2) is 13.4 Å². The number of nitrogens with zero attached hydrogens (tertiary/aromatic N) is 1. The van der Waals surface area contributed by atoms with Gasteiger partial charge in [0, 0.05) is 16.3 Å². The van der Waals surface area contributed by atoms with E-state index in [4.69, 9.17) is 0 Å². The lowest BCUT2D eigenvalue weighted by atomic mass is 10.1. The van der Waals surface area contributed by atoms with E-state index in [1.807, 2.05) is 60.8 Å². The molecule has 26 heavy (non-hydrogen) atoms. The minimum atomic E-state index is -3.74. The minimum Gasteiger partial charge on any atom is -0.279 e. The van der Waals surface area contributed by atoms with Gasteiger partial charge in [-0.1, -0.05) is 54.6 Å². The summed E-state index contributed by atoms with van der Waals surface area (Å²) in [5.41, 5.74) is 2.05. The first-order chi connectivity index (χ1) is 12.5. The summed E-state index contributed by atoms with van der Waals surface area (Å²) in [6, 6.07) is 20.1. The Labute approximate surface area is 156 Å². The molecule has 0 spiro atoms. The SMILES string of the molecule is Cc1nc(-c2ccccc2NS(=O)(=O)c2cccc3ccccc23)cs1. The molecule has 0 bridgehead atoms. The summed E-state index contributed by atoms with van der Waals surface area (Å²) in [7, 11) is -3.74. The predicted molar refractivity (Wildman–Crippen MR) is 107 cm³/mol. The third-order valence-corrected chi connectivity index (χ3v) is 6.30. The smallest absolute Gasteiger partial charge is 0.262 e. The molecular weight excluding hydrogens is 364 g/mol. The number of anilines is 1. The maximum absolute atomic E-state index is 13.1. The van der Waals surface area contributed by atoms with Crippen LogP contribution in [0.5, 0.6) is 0 Å². The van der Waals surface area contributed by atoms with Gasteiger partial charge in [-0.3, -0.25) is 4.72 Å². The Morgan fingerprint density at radius 2 is 1.65 bits per heavy atom. The first-order valence-electron chi connectivity index (χ1n) is 8.07. The molecule has 0 saturated carbocycles. The average molecular weight is 380 g/mol. The number of aromatic nitrogens is 1. The van der Waals surface area contributed by atoms with Crippen molar-refractivity contribution in [2.45, 2.75) is 11.8 Å². The molecule has 4 nitrogen and oxygen atoms in total. The fraction of sp³-hybridized carbons (Fsp3) is 0.0500. The molecule has 130 valence electrons. The highest BCUT2D eigenvalue weighted by atomic mass is 32.2. The molecule has 0 aliphatic carbocycles. The molecule has 6 heteroatoms. The Kier molecular flexibility index (Phi) is 4.22. The molecule has 1 N–H and O–H groups in total. The van der Waals surface area contributed by atoms with E-state index in [0.717, 1.165) is 21.7 Å². The van der Waals surface area contributed by atoms with Gasteiger partial charge in [0.2, 0.25) is 0 Å². The van der Waals surface area contributed by atoms with E-state index in [9.17, 15) is 8.42 Å². The third-order valence-electron chi connectivity index (χ3n) is 4.11. The van der Waals surface area contributed by atoms with Crippen LogP contribution >= 0.6 is 11.3 Å². The number of hydrogen-bond acceptors (Lipinski definition) is 4. The van der Waals surface area contributed by atoms with E-state index in [-0.39, 0.29) is 4.90 Å². The van der Waals surface area contributed by atoms with Crippen molar-refractivity contribution in [3.63, 3.8) is 0 Å². The van der Waals surface area contributed by atoms with E-state index in [2.05, 4.69) is 9.71 Å². The number of aryl methyl sites for hydroxylation is 1. The van der Waals surface area contributed by atoms with Gasteiger partial charge in [-0.25, -0.2) is 13.4 Å². The number of thiazole rings is 1. The predicted octanol–water partition coefficient (Wildman–Crippen LogP) is 5.07. The van der Waals surface area contributed by atoms with Gasteiger partial charge >= 0.3 is 0 Å². The Bertz CT molecular complexity index is 1190. The maximum Gasteiger partial charge on any atom is 0.262 e.